The molecule has 2 heterocycles. The Morgan fingerprint density at radius 1 is 1.00 bits per heavy atom. The maximum Gasteiger partial charge on any atom is 0.253 e. The third kappa shape index (κ3) is 3.98. The highest BCUT2D eigenvalue weighted by atomic mass is 35.5. The van der Waals surface area contributed by atoms with E-state index in [4.69, 9.17) is 17.3 Å². The van der Waals surface area contributed by atoms with Crippen molar-refractivity contribution in [3.05, 3.63) is 59.1 Å². The summed E-state index contributed by atoms with van der Waals surface area (Å²) in [7, 11) is 0. The molecular formula is C22H23ClN4O3. The summed E-state index contributed by atoms with van der Waals surface area (Å²) < 4.78 is 0. The zero-order valence-electron chi connectivity index (χ0n) is 16.5. The van der Waals surface area contributed by atoms with E-state index in [-0.39, 0.29) is 24.8 Å². The smallest absolute Gasteiger partial charge is 0.253 e. The summed E-state index contributed by atoms with van der Waals surface area (Å²) in [5.74, 6) is -1.02. The van der Waals surface area contributed by atoms with Crippen LogP contribution < -0.4 is 15.5 Å². The number of benzene rings is 2. The van der Waals surface area contributed by atoms with Gasteiger partial charge in [-0.3, -0.25) is 14.4 Å². The van der Waals surface area contributed by atoms with Crippen molar-refractivity contribution >= 4 is 40.7 Å². The van der Waals surface area contributed by atoms with Gasteiger partial charge in [-0.15, -0.1) is 0 Å². The molecule has 3 amide bonds. The highest BCUT2D eigenvalue weighted by Gasteiger charge is 2.34. The Morgan fingerprint density at radius 3 is 2.30 bits per heavy atom. The van der Waals surface area contributed by atoms with E-state index in [1.54, 1.807) is 11.0 Å². The zero-order valence-corrected chi connectivity index (χ0v) is 17.2. The number of carbonyl (C=O) groups is 3. The van der Waals surface area contributed by atoms with Crippen LogP contribution in [-0.4, -0.2) is 55.3 Å². The molecule has 1 unspecified atom stereocenters. The quantitative estimate of drug-likeness (QED) is 0.811. The van der Waals surface area contributed by atoms with Gasteiger partial charge in [-0.25, -0.2) is 0 Å². The largest absolute Gasteiger partial charge is 0.369 e. The van der Waals surface area contributed by atoms with Crippen LogP contribution in [0.3, 0.4) is 0 Å². The van der Waals surface area contributed by atoms with Crippen LogP contribution in [0, 0.1) is 5.92 Å². The third-order valence-corrected chi connectivity index (χ3v) is 6.00. The predicted molar refractivity (Wildman–Crippen MR) is 116 cm³/mol. The number of halogens is 1. The van der Waals surface area contributed by atoms with Gasteiger partial charge in [0.25, 0.3) is 5.91 Å². The summed E-state index contributed by atoms with van der Waals surface area (Å²) in [4.78, 5) is 41.8. The Kier molecular flexibility index (Phi) is 5.63. The SMILES string of the molecule is NC(=O)C1CC(=O)N(c2ccc(N3CCN(C(=O)c4ccccc4)CC3)c(Cl)c2)C1. The van der Waals surface area contributed by atoms with Crippen LogP contribution in [0.25, 0.3) is 0 Å². The van der Waals surface area contributed by atoms with Crippen molar-refractivity contribution < 1.29 is 14.4 Å². The van der Waals surface area contributed by atoms with E-state index in [2.05, 4.69) is 4.90 Å². The topological polar surface area (TPSA) is 86.9 Å². The minimum atomic E-state index is -0.466. The van der Waals surface area contributed by atoms with Crippen molar-refractivity contribution in [2.24, 2.45) is 11.7 Å². The molecule has 0 aromatic heterocycles. The average molecular weight is 427 g/mol. The number of hydrogen-bond acceptors (Lipinski definition) is 4. The van der Waals surface area contributed by atoms with Crippen LogP contribution in [0.1, 0.15) is 16.8 Å². The van der Waals surface area contributed by atoms with Gasteiger partial charge in [-0.05, 0) is 30.3 Å². The first-order chi connectivity index (χ1) is 14.4. The van der Waals surface area contributed by atoms with Gasteiger partial charge in [0.15, 0.2) is 0 Å². The minimum Gasteiger partial charge on any atom is -0.369 e. The van der Waals surface area contributed by atoms with Gasteiger partial charge < -0.3 is 20.4 Å². The summed E-state index contributed by atoms with van der Waals surface area (Å²) in [6.07, 6.45) is 0.131. The molecule has 2 fully saturated rings. The maximum absolute atomic E-state index is 12.6. The molecule has 2 N–H and O–H groups in total. The van der Waals surface area contributed by atoms with Crippen LogP contribution >= 0.6 is 11.6 Å². The number of nitrogens with two attached hydrogens (primary N) is 1. The molecule has 156 valence electrons. The molecule has 1 atom stereocenters. The predicted octanol–water partition coefficient (Wildman–Crippen LogP) is 2.14. The lowest BCUT2D eigenvalue weighted by atomic mass is 10.1. The molecule has 4 rings (SSSR count). The Hall–Kier alpha value is -3.06. The molecule has 2 aliphatic rings. The number of hydrogen-bond donors (Lipinski definition) is 1. The molecule has 2 saturated heterocycles. The first kappa shape index (κ1) is 20.2. The lowest BCUT2D eigenvalue weighted by Gasteiger charge is -2.36. The highest BCUT2D eigenvalue weighted by molar-refractivity contribution is 6.33. The lowest BCUT2D eigenvalue weighted by molar-refractivity contribution is -0.123. The Morgan fingerprint density at radius 2 is 1.70 bits per heavy atom. The number of primary amides is 1. The van der Waals surface area contributed by atoms with Crippen molar-refractivity contribution in [1.29, 1.82) is 0 Å². The zero-order chi connectivity index (χ0) is 21.3. The number of nitrogens with zero attached hydrogens (tertiary/aromatic N) is 3. The van der Waals surface area contributed by atoms with E-state index in [0.29, 0.717) is 42.5 Å². The highest BCUT2D eigenvalue weighted by Crippen LogP contribution is 2.33. The van der Waals surface area contributed by atoms with Gasteiger partial charge in [0, 0.05) is 50.4 Å². The van der Waals surface area contributed by atoms with E-state index < -0.39 is 11.8 Å². The Bertz CT molecular complexity index is 974. The van der Waals surface area contributed by atoms with Crippen LogP contribution in [0.2, 0.25) is 5.02 Å². The van der Waals surface area contributed by atoms with Gasteiger partial charge in [-0.1, -0.05) is 29.8 Å². The van der Waals surface area contributed by atoms with E-state index >= 15 is 0 Å². The standard InChI is InChI=1S/C22H23ClN4O3/c23-18-13-17(27-14-16(21(24)29)12-20(27)28)6-7-19(18)25-8-10-26(11-9-25)22(30)15-4-2-1-3-5-15/h1-7,13,16H,8-12,14H2,(H2,24,29). The van der Waals surface area contributed by atoms with Crippen molar-refractivity contribution in [2.75, 3.05) is 42.5 Å². The average Bonchev–Trinajstić information content (AvgIpc) is 3.16. The molecule has 7 nitrogen and oxygen atoms in total. The summed E-state index contributed by atoms with van der Waals surface area (Å²) in [6.45, 7) is 2.84. The molecule has 0 bridgehead atoms. The molecule has 2 aromatic rings. The second-order valence-electron chi connectivity index (χ2n) is 7.59. The normalized spacial score (nSPS) is 19.3. The van der Waals surface area contributed by atoms with E-state index in [0.717, 1.165) is 5.69 Å². The van der Waals surface area contributed by atoms with Gasteiger partial charge >= 0.3 is 0 Å². The maximum atomic E-state index is 12.6. The van der Waals surface area contributed by atoms with E-state index in [1.807, 2.05) is 47.4 Å². The van der Waals surface area contributed by atoms with Crippen LogP contribution in [0.4, 0.5) is 11.4 Å². The fourth-order valence-electron chi connectivity index (χ4n) is 3.98. The van der Waals surface area contributed by atoms with Gasteiger partial charge in [0.1, 0.15) is 0 Å². The molecule has 8 heteroatoms. The molecule has 30 heavy (non-hydrogen) atoms. The molecule has 0 aliphatic carbocycles. The number of piperazine rings is 1. The first-order valence-electron chi connectivity index (χ1n) is 9.92. The molecule has 2 aliphatic heterocycles. The van der Waals surface area contributed by atoms with Crippen LogP contribution in [-0.2, 0) is 9.59 Å². The molecule has 0 radical (unpaired) electrons. The number of amides is 3. The Balaban J connectivity index is 1.42. The van der Waals surface area contributed by atoms with Crippen molar-refractivity contribution in [3.63, 3.8) is 0 Å². The van der Waals surface area contributed by atoms with Crippen molar-refractivity contribution in [1.82, 2.24) is 4.90 Å². The Labute approximate surface area is 180 Å². The monoisotopic (exact) mass is 426 g/mol. The van der Waals surface area contributed by atoms with E-state index in [1.165, 1.54) is 0 Å². The molecular weight excluding hydrogens is 404 g/mol. The second-order valence-corrected chi connectivity index (χ2v) is 8.00. The second kappa shape index (κ2) is 8.36. The molecule has 0 saturated carbocycles. The number of carbonyl (C=O) groups excluding carboxylic acids is 3. The summed E-state index contributed by atoms with van der Waals surface area (Å²) in [5, 5.41) is 0.533. The fourth-order valence-corrected chi connectivity index (χ4v) is 4.28. The number of anilines is 2. The first-order valence-corrected chi connectivity index (χ1v) is 10.3. The fraction of sp³-hybridized carbons (Fsp3) is 0.318. The van der Waals surface area contributed by atoms with Crippen molar-refractivity contribution in [3.8, 4) is 0 Å². The van der Waals surface area contributed by atoms with Gasteiger partial charge in [0.2, 0.25) is 11.8 Å². The lowest BCUT2D eigenvalue weighted by Crippen LogP contribution is -2.48. The van der Waals surface area contributed by atoms with Gasteiger partial charge in [-0.2, -0.15) is 0 Å². The van der Waals surface area contributed by atoms with Crippen molar-refractivity contribution in [2.45, 2.75) is 6.42 Å². The van der Waals surface area contributed by atoms with E-state index in [9.17, 15) is 14.4 Å². The molecule has 2 aromatic carbocycles. The number of rotatable bonds is 4. The summed E-state index contributed by atoms with van der Waals surface area (Å²) in [6, 6.07) is 14.7. The van der Waals surface area contributed by atoms with Gasteiger partial charge in [0.05, 0.1) is 16.6 Å². The van der Waals surface area contributed by atoms with Crippen LogP contribution in [0.15, 0.2) is 48.5 Å². The minimum absolute atomic E-state index is 0.0354. The molecule has 0 spiro atoms. The summed E-state index contributed by atoms with van der Waals surface area (Å²) >= 11 is 6.53. The third-order valence-electron chi connectivity index (χ3n) is 5.70. The van der Waals surface area contributed by atoms with Crippen LogP contribution in [0.5, 0.6) is 0 Å². The summed E-state index contributed by atoms with van der Waals surface area (Å²) in [5.41, 5.74) is 7.56.